The molecule has 3 rings (SSSR count). The SMILES string of the molecule is CC(C)c1noc(COc2c(C#N)oc3ccccc23)n1. The Kier molecular flexibility index (Phi) is 3.32. The predicted octanol–water partition coefficient (Wildman–Crippen LogP) is 3.39. The highest BCUT2D eigenvalue weighted by molar-refractivity contribution is 5.86. The summed E-state index contributed by atoms with van der Waals surface area (Å²) in [6, 6.07) is 9.30. The van der Waals surface area contributed by atoms with Crippen molar-refractivity contribution in [3.63, 3.8) is 0 Å². The first-order valence-electron chi connectivity index (χ1n) is 6.56. The molecule has 0 spiro atoms. The summed E-state index contributed by atoms with van der Waals surface area (Å²) in [5.41, 5.74) is 0.609. The van der Waals surface area contributed by atoms with Gasteiger partial charge >= 0.3 is 0 Å². The number of furan rings is 1. The Balaban J connectivity index is 1.86. The normalized spacial score (nSPS) is 11.0. The highest BCUT2D eigenvalue weighted by Crippen LogP contribution is 2.32. The van der Waals surface area contributed by atoms with Crippen LogP contribution in [0.3, 0.4) is 0 Å². The van der Waals surface area contributed by atoms with Crippen molar-refractivity contribution < 1.29 is 13.7 Å². The monoisotopic (exact) mass is 283 g/mol. The number of para-hydroxylation sites is 1. The lowest BCUT2D eigenvalue weighted by Crippen LogP contribution is -1.97. The Morgan fingerprint density at radius 2 is 2.14 bits per heavy atom. The Hall–Kier alpha value is -2.81. The number of fused-ring (bicyclic) bond motifs is 1. The molecular weight excluding hydrogens is 270 g/mol. The highest BCUT2D eigenvalue weighted by atomic mass is 16.5. The molecule has 0 unspecified atom stereocenters. The minimum atomic E-state index is 0.0952. The fraction of sp³-hybridized carbons (Fsp3) is 0.267. The van der Waals surface area contributed by atoms with Gasteiger partial charge in [0.25, 0.3) is 5.89 Å². The first-order chi connectivity index (χ1) is 10.2. The lowest BCUT2D eigenvalue weighted by atomic mass is 10.2. The zero-order chi connectivity index (χ0) is 14.8. The fourth-order valence-electron chi connectivity index (χ4n) is 1.93. The molecule has 0 aliphatic rings. The van der Waals surface area contributed by atoms with Crippen LogP contribution < -0.4 is 4.74 Å². The van der Waals surface area contributed by atoms with Crippen LogP contribution in [0.2, 0.25) is 0 Å². The second-order valence-corrected chi connectivity index (χ2v) is 4.86. The second kappa shape index (κ2) is 5.29. The summed E-state index contributed by atoms with van der Waals surface area (Å²) in [5, 5.41) is 13.7. The quantitative estimate of drug-likeness (QED) is 0.729. The Bertz CT molecular complexity index is 811. The number of hydrogen-bond donors (Lipinski definition) is 0. The molecular formula is C15H13N3O3. The summed E-state index contributed by atoms with van der Waals surface area (Å²) >= 11 is 0. The number of hydrogen-bond acceptors (Lipinski definition) is 6. The molecule has 6 nitrogen and oxygen atoms in total. The van der Waals surface area contributed by atoms with E-state index < -0.39 is 0 Å². The van der Waals surface area contributed by atoms with Gasteiger partial charge in [0, 0.05) is 5.92 Å². The largest absolute Gasteiger partial charge is 0.478 e. The van der Waals surface area contributed by atoms with Crippen molar-refractivity contribution in [3.8, 4) is 11.8 Å². The Labute approximate surface area is 120 Å². The van der Waals surface area contributed by atoms with Gasteiger partial charge in [0.15, 0.2) is 18.2 Å². The van der Waals surface area contributed by atoms with Crippen molar-refractivity contribution in [2.24, 2.45) is 0 Å². The summed E-state index contributed by atoms with van der Waals surface area (Å²) in [4.78, 5) is 4.23. The van der Waals surface area contributed by atoms with Crippen molar-refractivity contribution in [1.29, 1.82) is 5.26 Å². The number of nitrogens with zero attached hydrogens (tertiary/aromatic N) is 3. The van der Waals surface area contributed by atoms with Gasteiger partial charge in [-0.3, -0.25) is 0 Å². The molecule has 2 aromatic heterocycles. The third-order valence-corrected chi connectivity index (χ3v) is 2.99. The van der Waals surface area contributed by atoms with E-state index in [0.29, 0.717) is 23.0 Å². The van der Waals surface area contributed by atoms with Crippen LogP contribution in [-0.4, -0.2) is 10.1 Å². The first-order valence-corrected chi connectivity index (χ1v) is 6.56. The Morgan fingerprint density at radius 3 is 2.86 bits per heavy atom. The molecule has 3 aromatic rings. The molecule has 0 saturated heterocycles. The van der Waals surface area contributed by atoms with Gasteiger partial charge in [0.2, 0.25) is 5.76 Å². The van der Waals surface area contributed by atoms with Crippen molar-refractivity contribution in [1.82, 2.24) is 10.1 Å². The first kappa shape index (κ1) is 13.2. The van der Waals surface area contributed by atoms with Crippen LogP contribution in [0.1, 0.15) is 37.2 Å². The molecule has 0 N–H and O–H groups in total. The van der Waals surface area contributed by atoms with E-state index in [1.807, 2.05) is 38.1 Å². The maximum absolute atomic E-state index is 9.12. The third kappa shape index (κ3) is 2.46. The van der Waals surface area contributed by atoms with E-state index in [0.717, 1.165) is 5.39 Å². The van der Waals surface area contributed by atoms with E-state index in [-0.39, 0.29) is 18.3 Å². The molecule has 106 valence electrons. The van der Waals surface area contributed by atoms with Gasteiger partial charge in [-0.2, -0.15) is 10.2 Å². The van der Waals surface area contributed by atoms with E-state index in [9.17, 15) is 0 Å². The number of benzene rings is 1. The number of rotatable bonds is 4. The molecule has 21 heavy (non-hydrogen) atoms. The predicted molar refractivity (Wildman–Crippen MR) is 73.6 cm³/mol. The summed E-state index contributed by atoms with van der Waals surface area (Å²) in [7, 11) is 0. The Morgan fingerprint density at radius 1 is 1.33 bits per heavy atom. The van der Waals surface area contributed by atoms with Gasteiger partial charge in [0.05, 0.1) is 5.39 Å². The summed E-state index contributed by atoms with van der Waals surface area (Å²) in [6.07, 6.45) is 0. The zero-order valence-corrected chi connectivity index (χ0v) is 11.7. The van der Waals surface area contributed by atoms with Gasteiger partial charge in [-0.25, -0.2) is 0 Å². The third-order valence-electron chi connectivity index (χ3n) is 2.99. The topological polar surface area (TPSA) is 85.1 Å². The van der Waals surface area contributed by atoms with E-state index in [1.165, 1.54) is 0 Å². The van der Waals surface area contributed by atoms with Crippen LogP contribution in [0, 0.1) is 11.3 Å². The molecule has 0 amide bonds. The van der Waals surface area contributed by atoms with Gasteiger partial charge in [-0.05, 0) is 12.1 Å². The van der Waals surface area contributed by atoms with E-state index >= 15 is 0 Å². The van der Waals surface area contributed by atoms with Crippen molar-refractivity contribution in [2.45, 2.75) is 26.4 Å². The molecule has 0 aliphatic heterocycles. The summed E-state index contributed by atoms with van der Waals surface area (Å²) in [6.45, 7) is 4.05. The minimum absolute atomic E-state index is 0.0952. The molecule has 0 saturated carbocycles. The lowest BCUT2D eigenvalue weighted by Gasteiger charge is -2.00. The fourth-order valence-corrected chi connectivity index (χ4v) is 1.93. The van der Waals surface area contributed by atoms with Crippen molar-refractivity contribution in [2.75, 3.05) is 0 Å². The maximum Gasteiger partial charge on any atom is 0.264 e. The molecule has 2 heterocycles. The average molecular weight is 283 g/mol. The smallest absolute Gasteiger partial charge is 0.264 e. The molecule has 0 radical (unpaired) electrons. The van der Waals surface area contributed by atoms with E-state index in [1.54, 1.807) is 6.07 Å². The molecule has 0 aliphatic carbocycles. The zero-order valence-electron chi connectivity index (χ0n) is 11.7. The molecule has 0 bridgehead atoms. The van der Waals surface area contributed by atoms with Crippen LogP contribution in [-0.2, 0) is 6.61 Å². The standard InChI is InChI=1S/C15H13N3O3/c1-9(2)15-17-13(21-18-15)8-19-14-10-5-3-4-6-11(10)20-12(14)7-16/h3-6,9H,8H2,1-2H3. The van der Waals surface area contributed by atoms with E-state index in [4.69, 9.17) is 18.9 Å². The molecule has 0 atom stereocenters. The molecule has 6 heteroatoms. The van der Waals surface area contributed by atoms with Crippen LogP contribution in [0.5, 0.6) is 5.75 Å². The van der Waals surface area contributed by atoms with Gasteiger partial charge in [0.1, 0.15) is 11.7 Å². The van der Waals surface area contributed by atoms with Gasteiger partial charge in [-0.15, -0.1) is 0 Å². The maximum atomic E-state index is 9.12. The molecule has 0 fully saturated rings. The highest BCUT2D eigenvalue weighted by Gasteiger charge is 2.17. The van der Waals surface area contributed by atoms with E-state index in [2.05, 4.69) is 10.1 Å². The summed E-state index contributed by atoms with van der Waals surface area (Å²) < 4.78 is 16.2. The lowest BCUT2D eigenvalue weighted by molar-refractivity contribution is 0.241. The van der Waals surface area contributed by atoms with Crippen LogP contribution in [0.25, 0.3) is 11.0 Å². The van der Waals surface area contributed by atoms with Gasteiger partial charge in [-0.1, -0.05) is 31.1 Å². The number of ether oxygens (including phenoxy) is 1. The van der Waals surface area contributed by atoms with Crippen LogP contribution in [0.15, 0.2) is 33.2 Å². The average Bonchev–Trinajstić information content (AvgIpc) is 3.09. The van der Waals surface area contributed by atoms with Crippen molar-refractivity contribution >= 4 is 11.0 Å². The van der Waals surface area contributed by atoms with Gasteiger partial charge < -0.3 is 13.7 Å². The van der Waals surface area contributed by atoms with Crippen LogP contribution in [0.4, 0.5) is 0 Å². The summed E-state index contributed by atoms with van der Waals surface area (Å²) in [5.74, 6) is 1.73. The number of nitriles is 1. The number of aromatic nitrogens is 2. The van der Waals surface area contributed by atoms with Crippen molar-refractivity contribution in [3.05, 3.63) is 41.7 Å². The minimum Gasteiger partial charge on any atom is -0.478 e. The van der Waals surface area contributed by atoms with Crippen LogP contribution >= 0.6 is 0 Å². The molecule has 1 aromatic carbocycles. The second-order valence-electron chi connectivity index (χ2n) is 4.86.